The van der Waals surface area contributed by atoms with Crippen molar-refractivity contribution in [2.45, 2.75) is 51.0 Å². The van der Waals surface area contributed by atoms with Gasteiger partial charge in [-0.3, -0.25) is 0 Å². The molecule has 0 bridgehead atoms. The summed E-state index contributed by atoms with van der Waals surface area (Å²) in [4.78, 5) is 0.612. The molecule has 0 N–H and O–H groups in total. The second kappa shape index (κ2) is 5.01. The van der Waals surface area contributed by atoms with E-state index in [1.807, 2.05) is 0 Å². The third-order valence-corrected chi connectivity index (χ3v) is 5.59. The lowest BCUT2D eigenvalue weighted by molar-refractivity contribution is -0.0411. The molecule has 1 nitrogen and oxygen atoms in total. The van der Waals surface area contributed by atoms with Gasteiger partial charge in [-0.2, -0.15) is 0 Å². The van der Waals surface area contributed by atoms with E-state index in [4.69, 9.17) is 4.74 Å². The molecule has 0 heterocycles. The Balaban J connectivity index is 2.07. The number of alkyl halides is 1. The molecule has 0 amide bonds. The molecule has 2 unspecified atom stereocenters. The maximum Gasteiger partial charge on any atom is 0.119 e. The predicted octanol–water partition coefficient (Wildman–Crippen LogP) is 4.72. The van der Waals surface area contributed by atoms with Gasteiger partial charge in [-0.25, -0.2) is 0 Å². The van der Waals surface area contributed by atoms with E-state index in [9.17, 15) is 0 Å². The fourth-order valence-corrected chi connectivity index (χ4v) is 4.08. The Bertz CT molecular complexity index is 367. The number of benzene rings is 1. The normalized spacial score (nSPS) is 26.4. The van der Waals surface area contributed by atoms with Crippen molar-refractivity contribution in [2.24, 2.45) is 5.41 Å². The van der Waals surface area contributed by atoms with Crippen LogP contribution in [0.5, 0.6) is 5.75 Å². The van der Waals surface area contributed by atoms with Gasteiger partial charge < -0.3 is 4.74 Å². The number of hydrogen-bond acceptors (Lipinski definition) is 1. The average molecular weight is 297 g/mol. The maximum absolute atomic E-state index is 6.14. The van der Waals surface area contributed by atoms with Crippen LogP contribution in [0, 0.1) is 12.3 Å². The van der Waals surface area contributed by atoms with Gasteiger partial charge in [0.1, 0.15) is 11.9 Å². The van der Waals surface area contributed by atoms with Gasteiger partial charge in [0.25, 0.3) is 0 Å². The molecular weight excluding hydrogens is 276 g/mol. The molecule has 17 heavy (non-hydrogen) atoms. The lowest BCUT2D eigenvalue weighted by atomic mass is 9.62. The number of aryl methyl sites for hydroxylation is 1. The van der Waals surface area contributed by atoms with E-state index >= 15 is 0 Å². The highest BCUT2D eigenvalue weighted by Crippen LogP contribution is 2.52. The van der Waals surface area contributed by atoms with Gasteiger partial charge in [0.15, 0.2) is 0 Å². The number of halogens is 1. The molecule has 1 aromatic rings. The Morgan fingerprint density at radius 2 is 1.82 bits per heavy atom. The fourth-order valence-electron chi connectivity index (χ4n) is 2.79. The van der Waals surface area contributed by atoms with E-state index in [1.54, 1.807) is 0 Å². The highest BCUT2D eigenvalue weighted by molar-refractivity contribution is 9.09. The summed E-state index contributed by atoms with van der Waals surface area (Å²) >= 11 is 3.79. The van der Waals surface area contributed by atoms with Crippen LogP contribution in [-0.2, 0) is 0 Å². The first-order chi connectivity index (χ1) is 8.12. The first-order valence-corrected chi connectivity index (χ1v) is 7.41. The van der Waals surface area contributed by atoms with Gasteiger partial charge in [-0.15, -0.1) is 0 Å². The minimum Gasteiger partial charge on any atom is -0.490 e. The van der Waals surface area contributed by atoms with E-state index in [0.29, 0.717) is 16.3 Å². The van der Waals surface area contributed by atoms with Crippen molar-refractivity contribution in [3.63, 3.8) is 0 Å². The summed E-state index contributed by atoms with van der Waals surface area (Å²) in [6.45, 7) is 6.63. The smallest absolute Gasteiger partial charge is 0.119 e. The first kappa shape index (κ1) is 12.9. The standard InChI is InChI=1S/C15H21BrO/c1-4-15(5-2)13(16)10-14(15)17-12-8-6-11(3)7-9-12/h6-9,13-14H,4-5,10H2,1-3H3. The van der Waals surface area contributed by atoms with Crippen LogP contribution in [0.15, 0.2) is 24.3 Å². The summed E-state index contributed by atoms with van der Waals surface area (Å²) in [6, 6.07) is 8.37. The summed E-state index contributed by atoms with van der Waals surface area (Å²) in [5.74, 6) is 1.01. The highest BCUT2D eigenvalue weighted by atomic mass is 79.9. The van der Waals surface area contributed by atoms with Crippen LogP contribution in [0.3, 0.4) is 0 Å². The van der Waals surface area contributed by atoms with Crippen molar-refractivity contribution < 1.29 is 4.74 Å². The van der Waals surface area contributed by atoms with Gasteiger partial charge in [-0.05, 0) is 38.3 Å². The Kier molecular flexibility index (Phi) is 3.82. The summed E-state index contributed by atoms with van der Waals surface area (Å²) in [5, 5.41) is 0. The topological polar surface area (TPSA) is 9.23 Å². The molecule has 1 aromatic carbocycles. The quantitative estimate of drug-likeness (QED) is 0.731. The van der Waals surface area contributed by atoms with Crippen LogP contribution in [0.1, 0.15) is 38.7 Å². The van der Waals surface area contributed by atoms with Crippen LogP contribution in [0.4, 0.5) is 0 Å². The molecule has 1 aliphatic rings. The molecular formula is C15H21BrO. The van der Waals surface area contributed by atoms with Crippen molar-refractivity contribution in [3.8, 4) is 5.75 Å². The molecule has 0 aromatic heterocycles. The lowest BCUT2D eigenvalue weighted by Crippen LogP contribution is -2.56. The van der Waals surface area contributed by atoms with E-state index in [-0.39, 0.29) is 0 Å². The zero-order valence-electron chi connectivity index (χ0n) is 10.9. The number of hydrogen-bond donors (Lipinski definition) is 0. The number of ether oxygens (including phenoxy) is 1. The minimum atomic E-state index is 0.324. The van der Waals surface area contributed by atoms with Crippen LogP contribution < -0.4 is 4.74 Å². The van der Waals surface area contributed by atoms with Crippen molar-refractivity contribution in [1.29, 1.82) is 0 Å². The largest absolute Gasteiger partial charge is 0.490 e. The van der Waals surface area contributed by atoms with Gasteiger partial charge in [0.2, 0.25) is 0 Å². The molecule has 94 valence electrons. The van der Waals surface area contributed by atoms with E-state index in [2.05, 4.69) is 61.0 Å². The summed E-state index contributed by atoms with van der Waals surface area (Å²) in [6.07, 6.45) is 3.84. The monoisotopic (exact) mass is 296 g/mol. The van der Waals surface area contributed by atoms with Crippen molar-refractivity contribution in [2.75, 3.05) is 0 Å². The zero-order valence-corrected chi connectivity index (χ0v) is 12.5. The molecule has 0 aliphatic heterocycles. The Morgan fingerprint density at radius 3 is 2.29 bits per heavy atom. The van der Waals surface area contributed by atoms with Crippen molar-refractivity contribution in [3.05, 3.63) is 29.8 Å². The molecule has 2 heteroatoms. The van der Waals surface area contributed by atoms with Crippen molar-refractivity contribution >= 4 is 15.9 Å². The van der Waals surface area contributed by atoms with Gasteiger partial charge in [-0.1, -0.05) is 47.5 Å². The van der Waals surface area contributed by atoms with E-state index < -0.39 is 0 Å². The Labute approximate surface area is 113 Å². The molecule has 0 radical (unpaired) electrons. The highest BCUT2D eigenvalue weighted by Gasteiger charge is 2.53. The van der Waals surface area contributed by atoms with Crippen LogP contribution in [0.2, 0.25) is 0 Å². The number of rotatable bonds is 4. The SMILES string of the molecule is CCC1(CC)C(Br)CC1Oc1ccc(C)cc1. The summed E-state index contributed by atoms with van der Waals surface area (Å²) in [5.41, 5.74) is 1.60. The molecule has 0 saturated heterocycles. The predicted molar refractivity (Wildman–Crippen MR) is 75.9 cm³/mol. The molecule has 1 fully saturated rings. The van der Waals surface area contributed by atoms with Crippen LogP contribution >= 0.6 is 15.9 Å². The lowest BCUT2D eigenvalue weighted by Gasteiger charge is -2.52. The first-order valence-electron chi connectivity index (χ1n) is 6.49. The Morgan fingerprint density at radius 1 is 1.24 bits per heavy atom. The van der Waals surface area contributed by atoms with Crippen LogP contribution in [-0.4, -0.2) is 10.9 Å². The second-order valence-corrected chi connectivity index (χ2v) is 6.17. The molecule has 1 aliphatic carbocycles. The van der Waals surface area contributed by atoms with Gasteiger partial charge >= 0.3 is 0 Å². The maximum atomic E-state index is 6.14. The van der Waals surface area contributed by atoms with Crippen molar-refractivity contribution in [1.82, 2.24) is 0 Å². The van der Waals surface area contributed by atoms with E-state index in [0.717, 1.165) is 12.2 Å². The van der Waals surface area contributed by atoms with Gasteiger partial charge in [0, 0.05) is 10.2 Å². The van der Waals surface area contributed by atoms with Crippen LogP contribution in [0.25, 0.3) is 0 Å². The molecule has 2 atom stereocenters. The fraction of sp³-hybridized carbons (Fsp3) is 0.600. The zero-order chi connectivity index (χ0) is 12.5. The third kappa shape index (κ3) is 2.24. The molecule has 2 rings (SSSR count). The van der Waals surface area contributed by atoms with E-state index in [1.165, 1.54) is 18.4 Å². The molecule has 1 saturated carbocycles. The van der Waals surface area contributed by atoms with Gasteiger partial charge in [0.05, 0.1) is 0 Å². The summed E-state index contributed by atoms with van der Waals surface area (Å²) < 4.78 is 6.14. The average Bonchev–Trinajstić information content (AvgIpc) is 2.33. The second-order valence-electron chi connectivity index (χ2n) is 5.06. The Hall–Kier alpha value is -0.500. The molecule has 0 spiro atoms. The minimum absolute atomic E-state index is 0.324. The summed E-state index contributed by atoms with van der Waals surface area (Å²) in [7, 11) is 0. The third-order valence-electron chi connectivity index (χ3n) is 4.30.